The number of nitrogens with zero attached hydrogens (tertiary/aromatic N) is 4. The minimum atomic E-state index is -0.176. The van der Waals surface area contributed by atoms with Gasteiger partial charge in [0.2, 0.25) is 0 Å². The number of rotatable bonds is 7. The molecule has 0 radical (unpaired) electrons. The number of furan rings is 1. The SMILES string of the molecule is CC1(C)c2ccccc2-c2ccc(N(c3ccc4c(c3)C(C)(C)c3ccccc3-4)c3cccc4c3oc3c(-c5ccccc5-c5nc(-c6ccccc6)nc(-c6ccccc6)n5)cccc34)cc21. The third-order valence-corrected chi connectivity index (χ3v) is 14.6. The first-order chi connectivity index (χ1) is 33.2. The molecule has 0 fully saturated rings. The van der Waals surface area contributed by atoms with Crippen molar-refractivity contribution >= 4 is 39.0 Å². The van der Waals surface area contributed by atoms with Crippen LogP contribution < -0.4 is 4.90 Å². The maximum Gasteiger partial charge on any atom is 0.164 e. The van der Waals surface area contributed by atoms with Gasteiger partial charge < -0.3 is 9.32 Å². The summed E-state index contributed by atoms with van der Waals surface area (Å²) in [5.74, 6) is 1.83. The largest absolute Gasteiger partial charge is 0.453 e. The summed E-state index contributed by atoms with van der Waals surface area (Å²) in [6.07, 6.45) is 0. The number of benzene rings is 9. The molecule has 0 unspecified atom stereocenters. The molecule has 2 aliphatic carbocycles. The Morgan fingerprint density at radius 1 is 0.338 bits per heavy atom. The van der Waals surface area contributed by atoms with Crippen LogP contribution in [0.5, 0.6) is 0 Å². The Bertz CT molecular complexity index is 3650. The van der Waals surface area contributed by atoms with E-state index in [9.17, 15) is 0 Å². The number of anilines is 3. The van der Waals surface area contributed by atoms with Crippen molar-refractivity contribution in [1.29, 1.82) is 0 Å². The maximum atomic E-state index is 7.34. The van der Waals surface area contributed by atoms with E-state index in [0.717, 1.165) is 66.8 Å². The molecule has 2 aliphatic rings. The van der Waals surface area contributed by atoms with Crippen LogP contribution in [0.3, 0.4) is 0 Å². The van der Waals surface area contributed by atoms with E-state index in [1.807, 2.05) is 60.7 Å². The fourth-order valence-electron chi connectivity index (χ4n) is 11.1. The molecule has 324 valence electrons. The molecule has 5 nitrogen and oxygen atoms in total. The molecular weight excluding hydrogens is 829 g/mol. The van der Waals surface area contributed by atoms with Gasteiger partial charge in [0.1, 0.15) is 5.58 Å². The highest BCUT2D eigenvalue weighted by atomic mass is 16.3. The number of fused-ring (bicyclic) bond motifs is 9. The van der Waals surface area contributed by atoms with Crippen molar-refractivity contribution in [2.75, 3.05) is 4.90 Å². The first kappa shape index (κ1) is 39.9. The van der Waals surface area contributed by atoms with Crippen LogP contribution in [-0.2, 0) is 10.8 Å². The van der Waals surface area contributed by atoms with Crippen molar-refractivity contribution in [3.05, 3.63) is 229 Å². The van der Waals surface area contributed by atoms with Gasteiger partial charge in [0, 0.05) is 55.2 Å². The summed E-state index contributed by atoms with van der Waals surface area (Å²) in [5, 5.41) is 2.08. The third kappa shape index (κ3) is 6.05. The molecule has 0 bridgehead atoms. The normalized spacial score (nSPS) is 13.8. The molecule has 11 aromatic rings. The molecule has 2 heterocycles. The average Bonchev–Trinajstić information content (AvgIpc) is 3.97. The lowest BCUT2D eigenvalue weighted by molar-refractivity contribution is 0.659. The Hall–Kier alpha value is -8.41. The van der Waals surface area contributed by atoms with Crippen LogP contribution in [0.25, 0.3) is 89.5 Å². The molecule has 68 heavy (non-hydrogen) atoms. The summed E-state index contributed by atoms with van der Waals surface area (Å²) in [6.45, 7) is 9.40. The van der Waals surface area contributed by atoms with Gasteiger partial charge >= 0.3 is 0 Å². The lowest BCUT2D eigenvalue weighted by atomic mass is 9.82. The van der Waals surface area contributed by atoms with Gasteiger partial charge in [0.15, 0.2) is 23.1 Å². The Morgan fingerprint density at radius 3 is 1.32 bits per heavy atom. The molecular formula is C63H46N4O. The summed E-state index contributed by atoms with van der Waals surface area (Å²) in [6, 6.07) is 73.4. The molecule has 5 heteroatoms. The quantitative estimate of drug-likeness (QED) is 0.160. The molecule has 0 amide bonds. The second-order valence-electron chi connectivity index (χ2n) is 19.2. The van der Waals surface area contributed by atoms with Gasteiger partial charge in [0.25, 0.3) is 0 Å². The van der Waals surface area contributed by atoms with E-state index in [0.29, 0.717) is 17.5 Å². The van der Waals surface area contributed by atoms with Gasteiger partial charge in [-0.15, -0.1) is 0 Å². The van der Waals surface area contributed by atoms with Gasteiger partial charge in [-0.1, -0.05) is 204 Å². The Morgan fingerprint density at radius 2 is 0.765 bits per heavy atom. The predicted octanol–water partition coefficient (Wildman–Crippen LogP) is 16.5. The molecule has 9 aromatic carbocycles. The van der Waals surface area contributed by atoms with Gasteiger partial charge in [-0.3, -0.25) is 0 Å². The molecule has 0 spiro atoms. The highest BCUT2D eigenvalue weighted by molar-refractivity contribution is 6.14. The summed E-state index contributed by atoms with van der Waals surface area (Å²) in [4.78, 5) is 17.7. The summed E-state index contributed by atoms with van der Waals surface area (Å²) >= 11 is 0. The van der Waals surface area contributed by atoms with E-state index in [1.165, 1.54) is 44.5 Å². The van der Waals surface area contributed by atoms with Crippen molar-refractivity contribution in [2.24, 2.45) is 0 Å². The maximum absolute atomic E-state index is 7.34. The Balaban J connectivity index is 1.01. The lowest BCUT2D eigenvalue weighted by Crippen LogP contribution is -2.18. The van der Waals surface area contributed by atoms with Crippen LogP contribution in [0.2, 0.25) is 0 Å². The number of hydrogen-bond acceptors (Lipinski definition) is 5. The fraction of sp³-hybridized carbons (Fsp3) is 0.0952. The van der Waals surface area contributed by atoms with Crippen molar-refractivity contribution in [3.63, 3.8) is 0 Å². The highest BCUT2D eigenvalue weighted by Crippen LogP contribution is 2.54. The smallest absolute Gasteiger partial charge is 0.164 e. The van der Waals surface area contributed by atoms with Crippen molar-refractivity contribution < 1.29 is 4.42 Å². The van der Waals surface area contributed by atoms with Crippen LogP contribution in [-0.4, -0.2) is 15.0 Å². The van der Waals surface area contributed by atoms with E-state index in [2.05, 4.69) is 178 Å². The Kier molecular flexibility index (Phi) is 8.84. The van der Waals surface area contributed by atoms with Gasteiger partial charge in [0.05, 0.1) is 5.69 Å². The van der Waals surface area contributed by atoms with Crippen molar-refractivity contribution in [1.82, 2.24) is 15.0 Å². The summed E-state index contributed by atoms with van der Waals surface area (Å²) in [5.41, 5.74) is 19.6. The fourth-order valence-corrected chi connectivity index (χ4v) is 11.1. The Labute approximate surface area is 396 Å². The zero-order valence-electron chi connectivity index (χ0n) is 38.3. The van der Waals surface area contributed by atoms with Crippen molar-refractivity contribution in [2.45, 2.75) is 38.5 Å². The second-order valence-corrected chi connectivity index (χ2v) is 19.2. The number of aromatic nitrogens is 3. The third-order valence-electron chi connectivity index (χ3n) is 14.6. The molecule has 0 saturated carbocycles. The van der Waals surface area contributed by atoms with Crippen LogP contribution in [0.15, 0.2) is 211 Å². The second kappa shape index (κ2) is 15.1. The number of hydrogen-bond donors (Lipinski definition) is 0. The van der Waals surface area contributed by atoms with Crippen molar-refractivity contribution in [3.8, 4) is 67.5 Å². The molecule has 0 saturated heterocycles. The summed E-state index contributed by atoms with van der Waals surface area (Å²) < 4.78 is 7.34. The zero-order valence-corrected chi connectivity index (χ0v) is 38.3. The monoisotopic (exact) mass is 874 g/mol. The average molecular weight is 875 g/mol. The summed E-state index contributed by atoms with van der Waals surface area (Å²) in [7, 11) is 0. The van der Waals surface area contributed by atoms with Gasteiger partial charge in [-0.05, 0) is 80.4 Å². The molecule has 13 rings (SSSR count). The minimum absolute atomic E-state index is 0.176. The predicted molar refractivity (Wildman–Crippen MR) is 279 cm³/mol. The van der Waals surface area contributed by atoms with E-state index in [-0.39, 0.29) is 10.8 Å². The van der Waals surface area contributed by atoms with E-state index >= 15 is 0 Å². The lowest BCUT2D eigenvalue weighted by Gasteiger charge is -2.29. The van der Waals surface area contributed by atoms with E-state index < -0.39 is 0 Å². The highest BCUT2D eigenvalue weighted by Gasteiger charge is 2.38. The van der Waals surface area contributed by atoms with E-state index in [4.69, 9.17) is 19.4 Å². The van der Waals surface area contributed by atoms with E-state index in [1.54, 1.807) is 0 Å². The molecule has 0 aliphatic heterocycles. The van der Waals surface area contributed by atoms with Gasteiger partial charge in [-0.2, -0.15) is 0 Å². The first-order valence-corrected chi connectivity index (χ1v) is 23.4. The molecule has 0 atom stereocenters. The van der Waals surface area contributed by atoms with Crippen LogP contribution >= 0.6 is 0 Å². The molecule has 2 aromatic heterocycles. The zero-order chi connectivity index (χ0) is 45.7. The van der Waals surface area contributed by atoms with Crippen LogP contribution in [0, 0.1) is 0 Å². The first-order valence-electron chi connectivity index (χ1n) is 23.4. The standard InChI is InChI=1S/C63H46N4O/c1-62(2)52-30-15-13-24-44(52)46-35-33-41(37-54(46)62)67(42-34-36-47-45-25-14-16-31-53(45)63(3,4)55(47)38-42)56-32-18-29-50-49-28-17-27-48(57(49)68-58(50)56)43-23-11-12-26-51(43)61-65-59(39-19-7-5-8-20-39)64-60(66-61)40-21-9-6-10-22-40/h5-38H,1-4H3. The van der Waals surface area contributed by atoms with Gasteiger partial charge in [-0.25, -0.2) is 15.0 Å². The van der Waals surface area contributed by atoms with Crippen LogP contribution in [0.4, 0.5) is 17.1 Å². The molecule has 0 N–H and O–H groups in total. The van der Waals surface area contributed by atoms with Crippen LogP contribution in [0.1, 0.15) is 49.9 Å². The minimum Gasteiger partial charge on any atom is -0.453 e. The number of para-hydroxylation sites is 2. The topological polar surface area (TPSA) is 55.1 Å².